The van der Waals surface area contributed by atoms with Crippen molar-refractivity contribution in [3.05, 3.63) is 0 Å². The number of fused-ring (bicyclic) bond motifs is 2. The Labute approximate surface area is 186 Å². The zero-order valence-corrected chi connectivity index (χ0v) is 21.7. The van der Waals surface area contributed by atoms with Gasteiger partial charge in [-0.25, -0.2) is 0 Å². The van der Waals surface area contributed by atoms with Crippen LogP contribution in [0.2, 0.25) is 18.1 Å². The molecule has 5 heteroatoms. The highest BCUT2D eigenvalue weighted by atomic mass is 28.4. The van der Waals surface area contributed by atoms with E-state index in [2.05, 4.69) is 47.7 Å². The molecular weight excluding hydrogens is 392 g/mol. The summed E-state index contributed by atoms with van der Waals surface area (Å²) in [6.07, 6.45) is 9.13. The largest absolute Gasteiger partial charge is 0.414 e. The van der Waals surface area contributed by atoms with Crippen molar-refractivity contribution in [1.29, 1.82) is 0 Å². The van der Waals surface area contributed by atoms with Crippen LogP contribution < -0.4 is 0 Å². The zero-order chi connectivity index (χ0) is 22.2. The monoisotopic (exact) mass is 440 g/mol. The van der Waals surface area contributed by atoms with Gasteiger partial charge in [-0.1, -0.05) is 47.5 Å². The van der Waals surface area contributed by atoms with Crippen molar-refractivity contribution in [2.24, 2.45) is 23.7 Å². The first kappa shape index (κ1) is 24.7. The molecule has 1 spiro atoms. The van der Waals surface area contributed by atoms with Gasteiger partial charge in [0.2, 0.25) is 0 Å². The van der Waals surface area contributed by atoms with E-state index in [1.54, 1.807) is 0 Å². The predicted molar refractivity (Wildman–Crippen MR) is 125 cm³/mol. The fourth-order valence-corrected chi connectivity index (χ4v) is 7.20. The van der Waals surface area contributed by atoms with Crippen LogP contribution in [0.5, 0.6) is 0 Å². The zero-order valence-electron chi connectivity index (χ0n) is 20.7. The van der Waals surface area contributed by atoms with Gasteiger partial charge >= 0.3 is 0 Å². The Kier molecular flexibility index (Phi) is 7.82. The summed E-state index contributed by atoms with van der Waals surface area (Å²) >= 11 is 0. The topological polar surface area (TPSA) is 47.9 Å². The van der Waals surface area contributed by atoms with E-state index in [1.807, 2.05) is 0 Å². The summed E-state index contributed by atoms with van der Waals surface area (Å²) < 4.78 is 18.8. The van der Waals surface area contributed by atoms with Crippen molar-refractivity contribution in [3.8, 4) is 0 Å². The van der Waals surface area contributed by atoms with Crippen LogP contribution in [0.4, 0.5) is 0 Å². The third kappa shape index (κ3) is 5.01. The lowest BCUT2D eigenvalue weighted by molar-refractivity contribution is -0.275. The quantitative estimate of drug-likeness (QED) is 0.415. The molecule has 0 amide bonds. The maximum atomic E-state index is 10.9. The summed E-state index contributed by atoms with van der Waals surface area (Å²) in [4.78, 5) is 0. The lowest BCUT2D eigenvalue weighted by Gasteiger charge is -2.48. The van der Waals surface area contributed by atoms with Crippen LogP contribution in [0.25, 0.3) is 0 Å². The second kappa shape index (κ2) is 9.50. The molecule has 5 unspecified atom stereocenters. The van der Waals surface area contributed by atoms with Crippen LogP contribution in [-0.4, -0.2) is 44.6 Å². The second-order valence-corrected chi connectivity index (χ2v) is 16.6. The number of aliphatic hydroxyl groups excluding tert-OH is 1. The lowest BCUT2D eigenvalue weighted by atomic mass is 9.69. The molecule has 1 heterocycles. The molecule has 3 rings (SSSR count). The minimum atomic E-state index is -1.80. The Morgan fingerprint density at radius 2 is 1.70 bits per heavy atom. The molecule has 0 aromatic rings. The predicted octanol–water partition coefficient (Wildman–Crippen LogP) is 6.13. The molecule has 2 aliphatic carbocycles. The molecule has 0 aromatic carbocycles. The van der Waals surface area contributed by atoms with Crippen LogP contribution in [0, 0.1) is 23.7 Å². The third-order valence-electron chi connectivity index (χ3n) is 9.03. The van der Waals surface area contributed by atoms with E-state index in [-0.39, 0.29) is 16.9 Å². The van der Waals surface area contributed by atoms with Crippen molar-refractivity contribution >= 4 is 8.32 Å². The number of hydrogen-bond donors (Lipinski definition) is 1. The first-order chi connectivity index (χ1) is 14.0. The average molecular weight is 441 g/mol. The number of hydrogen-bond acceptors (Lipinski definition) is 4. The molecule has 0 aromatic heterocycles. The molecule has 1 aliphatic heterocycles. The molecule has 1 saturated heterocycles. The second-order valence-electron chi connectivity index (χ2n) is 11.8. The summed E-state index contributed by atoms with van der Waals surface area (Å²) in [5, 5.41) is 11.2. The van der Waals surface area contributed by atoms with Crippen molar-refractivity contribution in [3.63, 3.8) is 0 Å². The highest BCUT2D eigenvalue weighted by Gasteiger charge is 2.64. The van der Waals surface area contributed by atoms with Gasteiger partial charge < -0.3 is 19.0 Å². The fourth-order valence-electron chi connectivity index (χ4n) is 5.78. The average Bonchev–Trinajstić information content (AvgIpc) is 3.25. The Balaban J connectivity index is 1.58. The van der Waals surface area contributed by atoms with E-state index in [4.69, 9.17) is 13.9 Å². The maximum absolute atomic E-state index is 10.9. The molecule has 1 N–H and O–H groups in total. The molecule has 176 valence electrons. The number of ether oxygens (including phenoxy) is 2. The molecule has 30 heavy (non-hydrogen) atoms. The van der Waals surface area contributed by atoms with Gasteiger partial charge in [0, 0.05) is 18.4 Å². The van der Waals surface area contributed by atoms with E-state index in [0.717, 1.165) is 38.0 Å². The maximum Gasteiger partial charge on any atom is 0.192 e. The van der Waals surface area contributed by atoms with Crippen LogP contribution >= 0.6 is 0 Å². The van der Waals surface area contributed by atoms with E-state index < -0.39 is 8.32 Å². The van der Waals surface area contributed by atoms with Crippen molar-refractivity contribution in [2.75, 3.05) is 13.2 Å². The molecule has 3 aliphatic rings. The molecule has 4 nitrogen and oxygen atoms in total. The van der Waals surface area contributed by atoms with Gasteiger partial charge in [-0.2, -0.15) is 0 Å². The van der Waals surface area contributed by atoms with Gasteiger partial charge in [-0.15, -0.1) is 0 Å². The standard InChI is InChI=1S/C25H48O4Si/c1-8-18(9-2)10-12-20(29-30(6,7)24(3,4)5)13-11-19-16-22-21(23(19)26)17-25(22)27-14-15-28-25/h18-23,26H,8-17H2,1-7H3. The van der Waals surface area contributed by atoms with E-state index in [9.17, 15) is 5.11 Å². The van der Waals surface area contributed by atoms with Gasteiger partial charge in [0.05, 0.1) is 19.3 Å². The normalized spacial score (nSPS) is 31.9. The van der Waals surface area contributed by atoms with Crippen LogP contribution in [0.3, 0.4) is 0 Å². The smallest absolute Gasteiger partial charge is 0.192 e. The molecule has 5 atom stereocenters. The molecular formula is C25H48O4Si. The molecule has 0 radical (unpaired) electrons. The van der Waals surface area contributed by atoms with Crippen LogP contribution in [0.15, 0.2) is 0 Å². The van der Waals surface area contributed by atoms with Crippen molar-refractivity contribution < 1.29 is 19.0 Å². The first-order valence-electron chi connectivity index (χ1n) is 12.7. The van der Waals surface area contributed by atoms with E-state index in [0.29, 0.717) is 37.1 Å². The van der Waals surface area contributed by atoms with Crippen molar-refractivity contribution in [1.82, 2.24) is 0 Å². The fraction of sp³-hybridized carbons (Fsp3) is 1.00. The van der Waals surface area contributed by atoms with Gasteiger partial charge in [0.15, 0.2) is 14.1 Å². The van der Waals surface area contributed by atoms with E-state index >= 15 is 0 Å². The minimum Gasteiger partial charge on any atom is -0.414 e. The Hall–Kier alpha value is 0.0569. The van der Waals surface area contributed by atoms with Gasteiger partial charge in [0.1, 0.15) is 0 Å². The number of aliphatic hydroxyl groups is 1. The summed E-state index contributed by atoms with van der Waals surface area (Å²) in [5.74, 6) is 1.58. The first-order valence-corrected chi connectivity index (χ1v) is 15.6. The molecule has 0 bridgehead atoms. The highest BCUT2D eigenvalue weighted by molar-refractivity contribution is 6.74. The Morgan fingerprint density at radius 3 is 2.27 bits per heavy atom. The van der Waals surface area contributed by atoms with E-state index in [1.165, 1.54) is 19.3 Å². The molecule has 2 saturated carbocycles. The van der Waals surface area contributed by atoms with Gasteiger partial charge in [-0.05, 0) is 68.0 Å². The summed E-state index contributed by atoms with van der Waals surface area (Å²) in [6, 6.07) is 0. The summed E-state index contributed by atoms with van der Waals surface area (Å²) in [5.41, 5.74) is 0. The summed E-state index contributed by atoms with van der Waals surface area (Å²) in [6.45, 7) is 17.8. The summed E-state index contributed by atoms with van der Waals surface area (Å²) in [7, 11) is -1.80. The van der Waals surface area contributed by atoms with Gasteiger partial charge in [-0.3, -0.25) is 0 Å². The van der Waals surface area contributed by atoms with Crippen LogP contribution in [0.1, 0.15) is 86.0 Å². The third-order valence-corrected chi connectivity index (χ3v) is 13.6. The number of rotatable bonds is 10. The molecule has 3 fully saturated rings. The Morgan fingerprint density at radius 1 is 1.07 bits per heavy atom. The SMILES string of the molecule is CCC(CC)CCC(CCC1CC2C(CC23OCCO3)C1O)O[Si](C)(C)C(C)(C)C. The van der Waals surface area contributed by atoms with Gasteiger partial charge in [0.25, 0.3) is 0 Å². The highest BCUT2D eigenvalue weighted by Crippen LogP contribution is 2.59. The van der Waals surface area contributed by atoms with Crippen LogP contribution in [-0.2, 0) is 13.9 Å². The Bertz CT molecular complexity index is 548. The van der Waals surface area contributed by atoms with Crippen molar-refractivity contribution in [2.45, 2.75) is 122 Å². The lowest BCUT2D eigenvalue weighted by Crippen LogP contribution is -2.54. The minimum absolute atomic E-state index is 0.194.